The summed E-state index contributed by atoms with van der Waals surface area (Å²) in [5, 5.41) is 0. The third-order valence-electron chi connectivity index (χ3n) is 7.10. The van der Waals surface area contributed by atoms with Gasteiger partial charge in [-0.25, -0.2) is 18.4 Å². The van der Waals surface area contributed by atoms with Crippen molar-refractivity contribution in [1.82, 2.24) is 0 Å². The van der Waals surface area contributed by atoms with E-state index in [1.165, 1.54) is 5.56 Å². The molecular formula is C27H38F2O5. The van der Waals surface area contributed by atoms with Gasteiger partial charge in [0.2, 0.25) is 0 Å². The largest absolute Gasteiger partial charge is 0.493 e. The molecule has 0 N–H and O–H groups in total. The summed E-state index contributed by atoms with van der Waals surface area (Å²) >= 11 is 0. The molecule has 2 atom stereocenters. The minimum Gasteiger partial charge on any atom is -0.493 e. The highest BCUT2D eigenvalue weighted by Gasteiger charge is 2.28. The van der Waals surface area contributed by atoms with Gasteiger partial charge in [-0.2, -0.15) is 0 Å². The molecule has 2 saturated carbocycles. The predicted molar refractivity (Wildman–Crippen MR) is 125 cm³/mol. The third-order valence-corrected chi connectivity index (χ3v) is 7.10. The molecule has 0 amide bonds. The average molecular weight is 481 g/mol. The maximum atomic E-state index is 13.4. The Morgan fingerprint density at radius 3 is 1.74 bits per heavy atom. The minimum absolute atomic E-state index is 0.150. The molecule has 1 aromatic rings. The van der Waals surface area contributed by atoms with Gasteiger partial charge in [0, 0.05) is 0 Å². The molecule has 190 valence electrons. The van der Waals surface area contributed by atoms with Crippen LogP contribution in [0.15, 0.2) is 24.3 Å². The number of alkyl halides is 2. The summed E-state index contributed by atoms with van der Waals surface area (Å²) in [4.78, 5) is 23.3. The fraction of sp³-hybridized carbons (Fsp3) is 0.704. The molecule has 0 radical (unpaired) electrons. The highest BCUT2D eigenvalue weighted by atomic mass is 19.1. The van der Waals surface area contributed by atoms with Crippen molar-refractivity contribution in [2.45, 2.75) is 109 Å². The highest BCUT2D eigenvalue weighted by molar-refractivity contribution is 5.75. The Kier molecular flexibility index (Phi) is 10.1. The first-order valence-corrected chi connectivity index (χ1v) is 12.8. The molecule has 0 aromatic heterocycles. The molecule has 2 aliphatic carbocycles. The van der Waals surface area contributed by atoms with E-state index in [1.807, 2.05) is 12.1 Å². The van der Waals surface area contributed by atoms with Crippen molar-refractivity contribution in [2.75, 3.05) is 6.61 Å². The summed E-state index contributed by atoms with van der Waals surface area (Å²) in [5.41, 5.74) is 1.25. The topological polar surface area (TPSA) is 61.8 Å². The maximum absolute atomic E-state index is 13.4. The summed E-state index contributed by atoms with van der Waals surface area (Å²) in [6, 6.07) is 8.18. The third kappa shape index (κ3) is 7.67. The van der Waals surface area contributed by atoms with E-state index in [9.17, 15) is 18.4 Å². The second-order valence-corrected chi connectivity index (χ2v) is 9.62. The van der Waals surface area contributed by atoms with E-state index in [-0.39, 0.29) is 25.0 Å². The first-order chi connectivity index (χ1) is 16.4. The maximum Gasteiger partial charge on any atom is 0.340 e. The lowest BCUT2D eigenvalue weighted by atomic mass is 9.82. The summed E-state index contributed by atoms with van der Waals surface area (Å²) in [5.74, 6) is 0.174. The molecule has 5 nitrogen and oxygen atoms in total. The second-order valence-electron chi connectivity index (χ2n) is 9.62. The number of carbonyl (C=O) groups excluding carboxylic acids is 2. The van der Waals surface area contributed by atoms with Crippen molar-refractivity contribution in [3.63, 3.8) is 0 Å². The van der Waals surface area contributed by atoms with Gasteiger partial charge in [-0.15, -0.1) is 0 Å². The van der Waals surface area contributed by atoms with Crippen LogP contribution in [0, 0.1) is 5.92 Å². The monoisotopic (exact) mass is 480 g/mol. The molecule has 2 fully saturated rings. The molecule has 0 spiro atoms. The van der Waals surface area contributed by atoms with Crippen LogP contribution in [-0.2, 0) is 19.1 Å². The number of hydrogen-bond donors (Lipinski definition) is 0. The van der Waals surface area contributed by atoms with Gasteiger partial charge in [-0.1, -0.05) is 26.0 Å². The van der Waals surface area contributed by atoms with E-state index >= 15 is 0 Å². The summed E-state index contributed by atoms with van der Waals surface area (Å²) in [6.07, 6.45) is 3.53. The van der Waals surface area contributed by atoms with Crippen LogP contribution in [0.5, 0.6) is 5.75 Å². The fourth-order valence-corrected chi connectivity index (χ4v) is 4.79. The molecule has 0 bridgehead atoms. The van der Waals surface area contributed by atoms with Gasteiger partial charge in [-0.3, -0.25) is 0 Å². The van der Waals surface area contributed by atoms with Gasteiger partial charge in [0.05, 0.1) is 6.61 Å². The minimum atomic E-state index is -1.52. The standard InChI is InChI=1S/C27H38F2O5/c1-3-24(28)26(30)33-22-11-5-18(6-12-22)17-32-21-13-7-19(8-14-21)20-9-15-23(16-10-20)34-27(31)25(29)4-2/h7-8,13-14,18,20,22-25H,3-6,9-12,15-17H2,1-2H3/t18?,20?,22?,23?,24?,25-/m1/s1. The SMILES string of the molecule is CCC(F)C(=O)OC1CCC(COc2ccc(C3CCC(OC(=O)[C@H](F)CC)CC3)cc2)CC1. The Morgan fingerprint density at radius 1 is 0.794 bits per heavy atom. The number of halogens is 2. The molecule has 2 aliphatic rings. The van der Waals surface area contributed by atoms with Gasteiger partial charge in [0.15, 0.2) is 12.3 Å². The van der Waals surface area contributed by atoms with Crippen molar-refractivity contribution in [1.29, 1.82) is 0 Å². The zero-order valence-electron chi connectivity index (χ0n) is 20.3. The first-order valence-electron chi connectivity index (χ1n) is 12.8. The number of benzene rings is 1. The van der Waals surface area contributed by atoms with Crippen LogP contribution in [-0.4, -0.2) is 43.1 Å². The molecule has 0 saturated heterocycles. The van der Waals surface area contributed by atoms with Gasteiger partial charge < -0.3 is 14.2 Å². The summed E-state index contributed by atoms with van der Waals surface area (Å²) in [7, 11) is 0. The predicted octanol–water partition coefficient (Wildman–Crippen LogP) is 6.23. The van der Waals surface area contributed by atoms with Gasteiger partial charge >= 0.3 is 11.9 Å². The quantitative estimate of drug-likeness (QED) is 0.371. The molecule has 0 aliphatic heterocycles. The smallest absolute Gasteiger partial charge is 0.340 e. The van der Waals surface area contributed by atoms with Crippen LogP contribution < -0.4 is 4.74 Å². The Balaban J connectivity index is 1.36. The van der Waals surface area contributed by atoms with E-state index in [1.54, 1.807) is 13.8 Å². The van der Waals surface area contributed by atoms with Crippen molar-refractivity contribution in [2.24, 2.45) is 5.92 Å². The van der Waals surface area contributed by atoms with Crippen LogP contribution in [0.4, 0.5) is 8.78 Å². The van der Waals surface area contributed by atoms with Crippen molar-refractivity contribution < 1.29 is 32.6 Å². The van der Waals surface area contributed by atoms with Crippen molar-refractivity contribution >= 4 is 11.9 Å². The number of hydrogen-bond acceptors (Lipinski definition) is 5. The zero-order chi connectivity index (χ0) is 24.5. The number of carbonyl (C=O) groups is 2. The van der Waals surface area contributed by atoms with E-state index in [2.05, 4.69) is 12.1 Å². The Labute approximate surface area is 201 Å². The summed E-state index contributed by atoms with van der Waals surface area (Å²) in [6.45, 7) is 3.88. The van der Waals surface area contributed by atoms with Gasteiger partial charge in [-0.05, 0) is 93.7 Å². The molecule has 3 rings (SSSR count). The normalized spacial score (nSPS) is 26.8. The van der Waals surface area contributed by atoms with Gasteiger partial charge in [0.1, 0.15) is 18.0 Å². The van der Waals surface area contributed by atoms with Crippen LogP contribution in [0.2, 0.25) is 0 Å². The Bertz CT molecular complexity index is 768. The number of rotatable bonds is 10. The lowest BCUT2D eigenvalue weighted by Gasteiger charge is -2.29. The van der Waals surface area contributed by atoms with E-state index in [4.69, 9.17) is 14.2 Å². The molecule has 34 heavy (non-hydrogen) atoms. The Hall–Kier alpha value is -2.18. The van der Waals surface area contributed by atoms with E-state index in [0.717, 1.165) is 57.1 Å². The van der Waals surface area contributed by atoms with Crippen molar-refractivity contribution in [3.05, 3.63) is 29.8 Å². The van der Waals surface area contributed by atoms with Crippen LogP contribution in [0.1, 0.15) is 89.5 Å². The molecular weight excluding hydrogens is 442 g/mol. The molecule has 7 heteroatoms. The summed E-state index contributed by atoms with van der Waals surface area (Å²) < 4.78 is 43.4. The fourth-order valence-electron chi connectivity index (χ4n) is 4.79. The average Bonchev–Trinajstić information content (AvgIpc) is 2.88. The Morgan fingerprint density at radius 2 is 1.26 bits per heavy atom. The zero-order valence-corrected chi connectivity index (χ0v) is 20.3. The van der Waals surface area contributed by atoms with Gasteiger partial charge in [0.25, 0.3) is 0 Å². The lowest BCUT2D eigenvalue weighted by Crippen LogP contribution is -2.30. The lowest BCUT2D eigenvalue weighted by molar-refractivity contribution is -0.157. The molecule has 1 aromatic carbocycles. The highest BCUT2D eigenvalue weighted by Crippen LogP contribution is 2.35. The van der Waals surface area contributed by atoms with Crippen LogP contribution in [0.25, 0.3) is 0 Å². The number of ether oxygens (including phenoxy) is 3. The van der Waals surface area contributed by atoms with Crippen LogP contribution in [0.3, 0.4) is 0 Å². The van der Waals surface area contributed by atoms with Crippen LogP contribution >= 0.6 is 0 Å². The second kappa shape index (κ2) is 13.1. The van der Waals surface area contributed by atoms with E-state index < -0.39 is 24.3 Å². The number of esters is 2. The van der Waals surface area contributed by atoms with E-state index in [0.29, 0.717) is 18.4 Å². The molecule has 0 heterocycles. The van der Waals surface area contributed by atoms with Crippen molar-refractivity contribution in [3.8, 4) is 5.75 Å². The first kappa shape index (κ1) is 26.4. The molecule has 1 unspecified atom stereocenters.